The Labute approximate surface area is 115 Å². The number of urea groups is 1. The maximum absolute atomic E-state index is 12.1. The summed E-state index contributed by atoms with van der Waals surface area (Å²) < 4.78 is 4.85. The minimum Gasteiger partial charge on any atom is -0.383 e. The molecular formula is C13H25N3O3. The molecule has 1 aliphatic heterocycles. The number of rotatable bonds is 5. The molecule has 6 heteroatoms. The van der Waals surface area contributed by atoms with Crippen LogP contribution in [0.4, 0.5) is 4.79 Å². The van der Waals surface area contributed by atoms with Crippen molar-refractivity contribution in [2.24, 2.45) is 5.92 Å². The zero-order valence-electron chi connectivity index (χ0n) is 12.1. The minimum atomic E-state index is -0.154. The van der Waals surface area contributed by atoms with Crippen LogP contribution in [0.25, 0.3) is 0 Å². The van der Waals surface area contributed by atoms with Crippen LogP contribution in [-0.2, 0) is 9.53 Å². The summed E-state index contributed by atoms with van der Waals surface area (Å²) in [4.78, 5) is 27.0. The Morgan fingerprint density at radius 2 is 2.00 bits per heavy atom. The lowest BCUT2D eigenvalue weighted by molar-refractivity contribution is -0.121. The summed E-state index contributed by atoms with van der Waals surface area (Å²) in [7, 11) is 3.25. The van der Waals surface area contributed by atoms with Crippen molar-refractivity contribution < 1.29 is 14.3 Å². The molecule has 0 aromatic carbocycles. The Morgan fingerprint density at radius 1 is 1.37 bits per heavy atom. The van der Waals surface area contributed by atoms with E-state index in [0.29, 0.717) is 19.1 Å². The van der Waals surface area contributed by atoms with Gasteiger partial charge in [0.2, 0.25) is 5.91 Å². The van der Waals surface area contributed by atoms with Crippen molar-refractivity contribution in [3.63, 3.8) is 0 Å². The molecule has 19 heavy (non-hydrogen) atoms. The number of hydrogen-bond acceptors (Lipinski definition) is 3. The van der Waals surface area contributed by atoms with Gasteiger partial charge in [-0.3, -0.25) is 4.79 Å². The average Bonchev–Trinajstić information content (AvgIpc) is 2.39. The smallest absolute Gasteiger partial charge is 0.320 e. The SMILES string of the molecule is COCCNC(=O)CN(C)C(=O)N1CCC(C)CC1. The average molecular weight is 271 g/mol. The molecule has 0 unspecified atom stereocenters. The van der Waals surface area contributed by atoms with Crippen LogP contribution in [0.3, 0.4) is 0 Å². The van der Waals surface area contributed by atoms with Gasteiger partial charge < -0.3 is 19.9 Å². The highest BCUT2D eigenvalue weighted by Gasteiger charge is 2.23. The molecule has 110 valence electrons. The Hall–Kier alpha value is -1.30. The first-order valence-electron chi connectivity index (χ1n) is 6.80. The van der Waals surface area contributed by atoms with Crippen molar-refractivity contribution in [1.82, 2.24) is 15.1 Å². The van der Waals surface area contributed by atoms with Crippen molar-refractivity contribution in [2.45, 2.75) is 19.8 Å². The number of nitrogens with zero attached hydrogens (tertiary/aromatic N) is 2. The topological polar surface area (TPSA) is 61.9 Å². The Morgan fingerprint density at radius 3 is 2.58 bits per heavy atom. The first kappa shape index (κ1) is 15.8. The first-order chi connectivity index (χ1) is 9.04. The minimum absolute atomic E-state index is 0.0613. The van der Waals surface area contributed by atoms with Gasteiger partial charge in [-0.15, -0.1) is 0 Å². The van der Waals surface area contributed by atoms with E-state index in [1.165, 1.54) is 4.90 Å². The summed E-state index contributed by atoms with van der Waals surface area (Å²) in [6, 6.07) is -0.0613. The van der Waals surface area contributed by atoms with E-state index in [9.17, 15) is 9.59 Å². The van der Waals surface area contributed by atoms with Crippen molar-refractivity contribution >= 4 is 11.9 Å². The van der Waals surface area contributed by atoms with Gasteiger partial charge in [-0.2, -0.15) is 0 Å². The van der Waals surface area contributed by atoms with E-state index in [0.717, 1.165) is 25.9 Å². The molecule has 1 fully saturated rings. The number of ether oxygens (including phenoxy) is 1. The van der Waals surface area contributed by atoms with Gasteiger partial charge in [0.1, 0.15) is 6.54 Å². The molecule has 1 aliphatic rings. The van der Waals surface area contributed by atoms with Crippen LogP contribution in [0, 0.1) is 5.92 Å². The Balaban J connectivity index is 2.29. The predicted octanol–water partition coefficient (Wildman–Crippen LogP) is 0.533. The molecule has 0 aromatic rings. The van der Waals surface area contributed by atoms with Crippen molar-refractivity contribution in [1.29, 1.82) is 0 Å². The zero-order chi connectivity index (χ0) is 14.3. The van der Waals surface area contributed by atoms with Crippen molar-refractivity contribution in [3.8, 4) is 0 Å². The third-order valence-corrected chi connectivity index (χ3v) is 3.39. The van der Waals surface area contributed by atoms with Gasteiger partial charge >= 0.3 is 6.03 Å². The van der Waals surface area contributed by atoms with E-state index in [1.54, 1.807) is 14.2 Å². The molecule has 1 N–H and O–H groups in total. The van der Waals surface area contributed by atoms with Crippen molar-refractivity contribution in [3.05, 3.63) is 0 Å². The fourth-order valence-electron chi connectivity index (χ4n) is 2.07. The lowest BCUT2D eigenvalue weighted by Gasteiger charge is -2.33. The number of hydrogen-bond donors (Lipinski definition) is 1. The fraction of sp³-hybridized carbons (Fsp3) is 0.846. The maximum Gasteiger partial charge on any atom is 0.320 e. The van der Waals surface area contributed by atoms with Crippen LogP contribution in [0.2, 0.25) is 0 Å². The molecule has 3 amide bonds. The van der Waals surface area contributed by atoms with E-state index in [1.807, 2.05) is 4.90 Å². The highest BCUT2D eigenvalue weighted by molar-refractivity contribution is 5.83. The second kappa shape index (κ2) is 7.99. The van der Waals surface area contributed by atoms with E-state index < -0.39 is 0 Å². The van der Waals surface area contributed by atoms with E-state index in [-0.39, 0.29) is 18.5 Å². The summed E-state index contributed by atoms with van der Waals surface area (Å²) in [5.74, 6) is 0.532. The largest absolute Gasteiger partial charge is 0.383 e. The highest BCUT2D eigenvalue weighted by Crippen LogP contribution is 2.16. The first-order valence-corrected chi connectivity index (χ1v) is 6.80. The number of methoxy groups -OCH3 is 1. The number of piperidine rings is 1. The Bertz CT molecular complexity index is 302. The van der Waals surface area contributed by atoms with Crippen LogP contribution in [-0.4, -0.2) is 68.7 Å². The standard InChI is InChI=1S/C13H25N3O3/c1-11-4-7-16(8-5-11)13(18)15(2)10-12(17)14-6-9-19-3/h11H,4-10H2,1-3H3,(H,14,17). The lowest BCUT2D eigenvalue weighted by Crippen LogP contribution is -2.48. The third-order valence-electron chi connectivity index (χ3n) is 3.39. The second-order valence-corrected chi connectivity index (χ2v) is 5.15. The van der Waals surface area contributed by atoms with Crippen LogP contribution in [0.5, 0.6) is 0 Å². The molecule has 0 radical (unpaired) electrons. The summed E-state index contributed by atoms with van der Waals surface area (Å²) in [5.41, 5.74) is 0. The van der Waals surface area contributed by atoms with Gasteiger partial charge in [-0.1, -0.05) is 6.92 Å². The van der Waals surface area contributed by atoms with Gasteiger partial charge in [0, 0.05) is 33.8 Å². The molecule has 1 heterocycles. The fourth-order valence-corrected chi connectivity index (χ4v) is 2.07. The van der Waals surface area contributed by atoms with Gasteiger partial charge in [0.25, 0.3) is 0 Å². The molecule has 1 rings (SSSR count). The van der Waals surface area contributed by atoms with Crippen LogP contribution >= 0.6 is 0 Å². The van der Waals surface area contributed by atoms with E-state index in [2.05, 4.69) is 12.2 Å². The van der Waals surface area contributed by atoms with Crippen molar-refractivity contribution in [2.75, 3.05) is 46.9 Å². The maximum atomic E-state index is 12.1. The predicted molar refractivity (Wildman–Crippen MR) is 72.9 cm³/mol. The normalized spacial score (nSPS) is 16.3. The molecule has 0 saturated carbocycles. The molecule has 1 saturated heterocycles. The number of amides is 3. The van der Waals surface area contributed by atoms with E-state index >= 15 is 0 Å². The summed E-state index contributed by atoms with van der Waals surface area (Å²) >= 11 is 0. The van der Waals surface area contributed by atoms with Crippen LogP contribution < -0.4 is 5.32 Å². The number of carbonyl (C=O) groups is 2. The molecule has 0 spiro atoms. The molecular weight excluding hydrogens is 246 g/mol. The van der Waals surface area contributed by atoms with Crippen LogP contribution in [0.15, 0.2) is 0 Å². The summed E-state index contributed by atoms with van der Waals surface area (Å²) in [6.45, 7) is 4.82. The van der Waals surface area contributed by atoms with Gasteiger partial charge in [-0.05, 0) is 18.8 Å². The van der Waals surface area contributed by atoms with E-state index in [4.69, 9.17) is 4.74 Å². The lowest BCUT2D eigenvalue weighted by atomic mass is 10.00. The quantitative estimate of drug-likeness (QED) is 0.742. The highest BCUT2D eigenvalue weighted by atomic mass is 16.5. The number of carbonyl (C=O) groups excluding carboxylic acids is 2. The van der Waals surface area contributed by atoms with Crippen LogP contribution in [0.1, 0.15) is 19.8 Å². The summed E-state index contributed by atoms with van der Waals surface area (Å²) in [5, 5.41) is 2.70. The molecule has 0 aromatic heterocycles. The Kier molecular flexibility index (Phi) is 6.62. The molecule has 0 bridgehead atoms. The third kappa shape index (κ3) is 5.46. The second-order valence-electron chi connectivity index (χ2n) is 5.15. The monoisotopic (exact) mass is 271 g/mol. The van der Waals surface area contributed by atoms with Gasteiger partial charge in [0.15, 0.2) is 0 Å². The van der Waals surface area contributed by atoms with Gasteiger partial charge in [-0.25, -0.2) is 4.79 Å². The number of likely N-dealkylation sites (N-methyl/N-ethyl adjacent to an activating group) is 1. The molecule has 6 nitrogen and oxygen atoms in total. The molecule has 0 atom stereocenters. The zero-order valence-corrected chi connectivity index (χ0v) is 12.1. The summed E-state index contributed by atoms with van der Waals surface area (Å²) in [6.07, 6.45) is 2.08. The number of nitrogens with one attached hydrogen (secondary N) is 1. The number of likely N-dealkylation sites (tertiary alicyclic amines) is 1. The van der Waals surface area contributed by atoms with Gasteiger partial charge in [0.05, 0.1) is 6.61 Å². The molecule has 0 aliphatic carbocycles.